The molecule has 0 radical (unpaired) electrons. The van der Waals surface area contributed by atoms with Crippen LogP contribution >= 0.6 is 11.6 Å². The van der Waals surface area contributed by atoms with Crippen molar-refractivity contribution < 1.29 is 14.4 Å². The Kier molecular flexibility index (Phi) is 11.5. The third kappa shape index (κ3) is 8.09. The van der Waals surface area contributed by atoms with E-state index in [1.807, 2.05) is 0 Å². The lowest BCUT2D eigenvalue weighted by molar-refractivity contribution is 0.0504. The van der Waals surface area contributed by atoms with Crippen molar-refractivity contribution in [2.75, 3.05) is 13.7 Å². The van der Waals surface area contributed by atoms with E-state index in [-0.39, 0.29) is 5.69 Å². The number of aromatic nitrogens is 1. The average molecular weight is 358 g/mol. The molecule has 5 heteroatoms. The predicted octanol–water partition coefficient (Wildman–Crippen LogP) is 5.67. The molecule has 0 atom stereocenters. The Bertz CT molecular complexity index is 459. The SMILES string of the molecule is CCCCCCCCCCCCCOn1ccc(Cl)c1C(=O)OC. The molecular formula is C19H32ClNO3. The van der Waals surface area contributed by atoms with Gasteiger partial charge in [0, 0.05) is 6.20 Å². The van der Waals surface area contributed by atoms with Gasteiger partial charge in [-0.3, -0.25) is 0 Å². The molecule has 0 N–H and O–H groups in total. The normalized spacial score (nSPS) is 10.8. The Hall–Kier alpha value is -1.16. The van der Waals surface area contributed by atoms with Crippen molar-refractivity contribution >= 4 is 17.6 Å². The van der Waals surface area contributed by atoms with Gasteiger partial charge in [-0.1, -0.05) is 76.3 Å². The monoisotopic (exact) mass is 357 g/mol. The molecule has 0 saturated carbocycles. The number of ether oxygens (including phenoxy) is 1. The van der Waals surface area contributed by atoms with E-state index in [4.69, 9.17) is 21.2 Å². The van der Waals surface area contributed by atoms with Crippen LogP contribution in [0.5, 0.6) is 0 Å². The van der Waals surface area contributed by atoms with Gasteiger partial charge in [0.25, 0.3) is 0 Å². The number of carbonyl (C=O) groups excluding carboxylic acids is 1. The number of methoxy groups -OCH3 is 1. The summed E-state index contributed by atoms with van der Waals surface area (Å²) in [6.45, 7) is 2.83. The lowest BCUT2D eigenvalue weighted by atomic mass is 10.1. The standard InChI is InChI=1S/C19H32ClNO3/c1-3-4-5-6-7-8-9-10-11-12-13-16-24-21-15-14-17(20)18(21)19(22)23-2/h14-15H,3-13,16H2,1-2H3. The summed E-state index contributed by atoms with van der Waals surface area (Å²) < 4.78 is 6.11. The van der Waals surface area contributed by atoms with Gasteiger partial charge in [0.05, 0.1) is 12.1 Å². The van der Waals surface area contributed by atoms with Gasteiger partial charge in [-0.15, -0.1) is 0 Å². The molecule has 0 fully saturated rings. The lowest BCUT2D eigenvalue weighted by Gasteiger charge is -2.10. The molecular weight excluding hydrogens is 326 g/mol. The minimum Gasteiger partial charge on any atom is -0.464 e. The molecule has 0 aliphatic rings. The van der Waals surface area contributed by atoms with Crippen LogP contribution in [0.4, 0.5) is 0 Å². The highest BCUT2D eigenvalue weighted by atomic mass is 35.5. The fourth-order valence-electron chi connectivity index (χ4n) is 2.71. The van der Waals surface area contributed by atoms with E-state index in [1.165, 1.54) is 69.6 Å². The number of unbranched alkanes of at least 4 members (excludes halogenated alkanes) is 10. The van der Waals surface area contributed by atoms with E-state index < -0.39 is 5.97 Å². The van der Waals surface area contributed by atoms with Crippen molar-refractivity contribution in [2.45, 2.75) is 77.6 Å². The molecule has 0 amide bonds. The lowest BCUT2D eigenvalue weighted by Crippen LogP contribution is -2.18. The van der Waals surface area contributed by atoms with Crippen LogP contribution in [-0.4, -0.2) is 24.4 Å². The maximum Gasteiger partial charge on any atom is 0.359 e. The maximum absolute atomic E-state index is 11.6. The molecule has 1 heterocycles. The third-order valence-electron chi connectivity index (χ3n) is 4.16. The van der Waals surface area contributed by atoms with Crippen LogP contribution in [-0.2, 0) is 4.74 Å². The van der Waals surface area contributed by atoms with Crippen LogP contribution in [0, 0.1) is 0 Å². The highest BCUT2D eigenvalue weighted by Gasteiger charge is 2.17. The van der Waals surface area contributed by atoms with Crippen molar-refractivity contribution in [3.8, 4) is 0 Å². The molecule has 1 aromatic heterocycles. The fourth-order valence-corrected chi connectivity index (χ4v) is 2.93. The van der Waals surface area contributed by atoms with Crippen LogP contribution in [0.1, 0.15) is 88.0 Å². The van der Waals surface area contributed by atoms with E-state index in [0.717, 1.165) is 12.8 Å². The summed E-state index contributed by atoms with van der Waals surface area (Å²) in [7, 11) is 1.33. The first-order chi connectivity index (χ1) is 11.7. The molecule has 4 nitrogen and oxygen atoms in total. The van der Waals surface area contributed by atoms with Gasteiger partial charge in [-0.05, 0) is 18.9 Å². The van der Waals surface area contributed by atoms with E-state index in [2.05, 4.69) is 6.92 Å². The van der Waals surface area contributed by atoms with E-state index >= 15 is 0 Å². The molecule has 1 rings (SSSR count). The topological polar surface area (TPSA) is 40.5 Å². The quantitative estimate of drug-likeness (QED) is 0.318. The third-order valence-corrected chi connectivity index (χ3v) is 4.46. The molecule has 0 spiro atoms. The number of rotatable bonds is 14. The first-order valence-corrected chi connectivity index (χ1v) is 9.67. The van der Waals surface area contributed by atoms with Crippen molar-refractivity contribution in [1.29, 1.82) is 0 Å². The van der Waals surface area contributed by atoms with Crippen LogP contribution < -0.4 is 4.84 Å². The number of hydrogen-bond donors (Lipinski definition) is 0. The van der Waals surface area contributed by atoms with Crippen LogP contribution in [0.15, 0.2) is 12.3 Å². The minimum atomic E-state index is -0.482. The van der Waals surface area contributed by atoms with Gasteiger partial charge in [0.2, 0.25) is 0 Å². The highest BCUT2D eigenvalue weighted by molar-refractivity contribution is 6.33. The van der Waals surface area contributed by atoms with Gasteiger partial charge in [0.1, 0.15) is 6.61 Å². The molecule has 1 aromatic rings. The summed E-state index contributed by atoms with van der Waals surface area (Å²) >= 11 is 5.97. The van der Waals surface area contributed by atoms with Crippen LogP contribution in [0.2, 0.25) is 5.02 Å². The number of hydrogen-bond acceptors (Lipinski definition) is 3. The van der Waals surface area contributed by atoms with Gasteiger partial charge in [-0.25, -0.2) is 4.79 Å². The van der Waals surface area contributed by atoms with Crippen LogP contribution in [0.25, 0.3) is 0 Å². The zero-order valence-corrected chi connectivity index (χ0v) is 15.9. The van der Waals surface area contributed by atoms with Gasteiger partial charge >= 0.3 is 5.97 Å². The summed E-state index contributed by atoms with van der Waals surface area (Å²) in [5, 5.41) is 0.348. The molecule has 0 bridgehead atoms. The molecule has 0 unspecified atom stereocenters. The molecule has 0 aliphatic carbocycles. The Morgan fingerprint density at radius 3 is 2.08 bits per heavy atom. The highest BCUT2D eigenvalue weighted by Crippen LogP contribution is 2.17. The van der Waals surface area contributed by atoms with E-state index in [1.54, 1.807) is 12.3 Å². The average Bonchev–Trinajstić information content (AvgIpc) is 2.96. The van der Waals surface area contributed by atoms with Crippen LogP contribution in [0.3, 0.4) is 0 Å². The first kappa shape index (κ1) is 20.9. The number of carbonyl (C=O) groups is 1. The van der Waals surface area contributed by atoms with Gasteiger partial charge in [0.15, 0.2) is 5.69 Å². The number of halogens is 1. The first-order valence-electron chi connectivity index (χ1n) is 9.29. The summed E-state index contributed by atoms with van der Waals surface area (Å²) in [5.74, 6) is -0.482. The molecule has 0 aliphatic heterocycles. The Morgan fingerprint density at radius 2 is 1.54 bits per heavy atom. The van der Waals surface area contributed by atoms with Gasteiger partial charge < -0.3 is 9.57 Å². The zero-order chi connectivity index (χ0) is 17.6. The largest absolute Gasteiger partial charge is 0.464 e. The Morgan fingerprint density at radius 1 is 1.00 bits per heavy atom. The number of nitrogens with zero attached hydrogens (tertiary/aromatic N) is 1. The maximum atomic E-state index is 11.6. The Balaban J connectivity index is 2.02. The predicted molar refractivity (Wildman–Crippen MR) is 98.7 cm³/mol. The van der Waals surface area contributed by atoms with Crippen molar-refractivity contribution in [3.63, 3.8) is 0 Å². The summed E-state index contributed by atoms with van der Waals surface area (Å²) in [6.07, 6.45) is 15.9. The van der Waals surface area contributed by atoms with E-state index in [9.17, 15) is 4.79 Å². The second-order valence-electron chi connectivity index (χ2n) is 6.20. The molecule has 0 saturated heterocycles. The second-order valence-corrected chi connectivity index (χ2v) is 6.61. The molecule has 0 aromatic carbocycles. The summed E-state index contributed by atoms with van der Waals surface area (Å²) in [5.41, 5.74) is 0.252. The minimum absolute atomic E-state index is 0.252. The summed E-state index contributed by atoms with van der Waals surface area (Å²) in [6, 6.07) is 1.63. The van der Waals surface area contributed by atoms with Crippen molar-refractivity contribution in [2.24, 2.45) is 0 Å². The fraction of sp³-hybridized carbons (Fsp3) is 0.737. The molecule has 138 valence electrons. The second kappa shape index (κ2) is 13.2. The molecule has 24 heavy (non-hydrogen) atoms. The van der Waals surface area contributed by atoms with Crippen molar-refractivity contribution in [3.05, 3.63) is 23.0 Å². The Labute approximate surface area is 151 Å². The smallest absolute Gasteiger partial charge is 0.359 e. The number of esters is 1. The summed E-state index contributed by atoms with van der Waals surface area (Å²) in [4.78, 5) is 17.2. The van der Waals surface area contributed by atoms with Gasteiger partial charge in [-0.2, -0.15) is 4.73 Å². The zero-order valence-electron chi connectivity index (χ0n) is 15.2. The van der Waals surface area contributed by atoms with Crippen molar-refractivity contribution in [1.82, 2.24) is 4.73 Å². The van der Waals surface area contributed by atoms with E-state index in [0.29, 0.717) is 11.6 Å².